The number of nitrogen functional groups attached to an aromatic ring is 1. The third-order valence-electron chi connectivity index (χ3n) is 3.30. The van der Waals surface area contributed by atoms with Crippen molar-refractivity contribution in [3.8, 4) is 0 Å². The number of aromatic nitrogens is 1. The molecule has 104 valence electrons. The van der Waals surface area contributed by atoms with Crippen LogP contribution in [0, 0.1) is 0 Å². The fraction of sp³-hybridized carbons (Fsp3) is 0.0588. The van der Waals surface area contributed by atoms with Gasteiger partial charge in [0.25, 0.3) is 5.91 Å². The van der Waals surface area contributed by atoms with Gasteiger partial charge in [0.15, 0.2) is 0 Å². The first-order chi connectivity index (χ1) is 10.2. The van der Waals surface area contributed by atoms with Crippen molar-refractivity contribution in [3.63, 3.8) is 0 Å². The summed E-state index contributed by atoms with van der Waals surface area (Å²) in [6.45, 7) is 0.433. The summed E-state index contributed by atoms with van der Waals surface area (Å²) in [4.78, 5) is 16.5. The lowest BCUT2D eigenvalue weighted by Gasteiger charge is -2.08. The number of hydrogen-bond donors (Lipinski definition) is 2. The highest BCUT2D eigenvalue weighted by molar-refractivity contribution is 5.95. The number of carbonyl (C=O) groups is 1. The van der Waals surface area contributed by atoms with Crippen molar-refractivity contribution in [3.05, 3.63) is 71.9 Å². The Kier molecular flexibility index (Phi) is 3.51. The van der Waals surface area contributed by atoms with Crippen LogP contribution in [-0.2, 0) is 6.54 Å². The first-order valence-electron chi connectivity index (χ1n) is 6.70. The van der Waals surface area contributed by atoms with Gasteiger partial charge in [-0.3, -0.25) is 9.78 Å². The maximum Gasteiger partial charge on any atom is 0.251 e. The lowest BCUT2D eigenvalue weighted by molar-refractivity contribution is 0.0951. The average Bonchev–Trinajstić information content (AvgIpc) is 2.52. The van der Waals surface area contributed by atoms with Crippen LogP contribution in [0.5, 0.6) is 0 Å². The largest absolute Gasteiger partial charge is 0.399 e. The number of carbonyl (C=O) groups excluding carboxylic acids is 1. The van der Waals surface area contributed by atoms with Crippen molar-refractivity contribution >= 4 is 22.5 Å². The van der Waals surface area contributed by atoms with Gasteiger partial charge in [-0.05, 0) is 29.8 Å². The van der Waals surface area contributed by atoms with E-state index >= 15 is 0 Å². The van der Waals surface area contributed by atoms with Gasteiger partial charge in [0.05, 0.1) is 5.52 Å². The van der Waals surface area contributed by atoms with Gasteiger partial charge in [-0.1, -0.05) is 30.3 Å². The van der Waals surface area contributed by atoms with Gasteiger partial charge >= 0.3 is 0 Å². The number of nitrogens with one attached hydrogen (secondary N) is 1. The molecular formula is C17H15N3O. The summed E-state index contributed by atoms with van der Waals surface area (Å²) in [5, 5.41) is 3.96. The third-order valence-corrected chi connectivity index (χ3v) is 3.30. The fourth-order valence-corrected chi connectivity index (χ4v) is 2.27. The molecule has 21 heavy (non-hydrogen) atoms. The van der Waals surface area contributed by atoms with E-state index in [4.69, 9.17) is 5.73 Å². The molecule has 4 heteroatoms. The summed E-state index contributed by atoms with van der Waals surface area (Å²) in [7, 11) is 0. The number of amides is 1. The summed E-state index contributed by atoms with van der Waals surface area (Å²) in [5.74, 6) is -0.143. The van der Waals surface area contributed by atoms with E-state index in [0.717, 1.165) is 16.5 Å². The Morgan fingerprint density at radius 3 is 2.76 bits per heavy atom. The highest BCUT2D eigenvalue weighted by atomic mass is 16.1. The lowest BCUT2D eigenvalue weighted by atomic mass is 10.1. The normalized spacial score (nSPS) is 10.5. The maximum absolute atomic E-state index is 12.1. The number of hydrogen-bond acceptors (Lipinski definition) is 3. The summed E-state index contributed by atoms with van der Waals surface area (Å²) in [6, 6.07) is 16.8. The van der Waals surface area contributed by atoms with Crippen molar-refractivity contribution in [1.29, 1.82) is 0 Å². The van der Waals surface area contributed by atoms with Crippen LogP contribution in [0.4, 0.5) is 5.69 Å². The molecule has 0 aliphatic rings. The Hall–Kier alpha value is -2.88. The Morgan fingerprint density at radius 2 is 1.90 bits per heavy atom. The number of pyridine rings is 1. The number of anilines is 1. The van der Waals surface area contributed by atoms with Crippen molar-refractivity contribution < 1.29 is 4.79 Å². The van der Waals surface area contributed by atoms with E-state index in [1.54, 1.807) is 30.5 Å². The van der Waals surface area contributed by atoms with E-state index in [1.165, 1.54) is 0 Å². The number of nitrogens with zero attached hydrogens (tertiary/aromatic N) is 1. The molecule has 0 radical (unpaired) electrons. The van der Waals surface area contributed by atoms with E-state index in [2.05, 4.69) is 10.3 Å². The molecule has 1 aromatic heterocycles. The summed E-state index contributed by atoms with van der Waals surface area (Å²) in [5.41, 5.74) is 8.73. The average molecular weight is 277 g/mol. The van der Waals surface area contributed by atoms with Crippen LogP contribution < -0.4 is 11.1 Å². The van der Waals surface area contributed by atoms with E-state index in [-0.39, 0.29) is 5.91 Å². The second-order valence-electron chi connectivity index (χ2n) is 4.80. The number of rotatable bonds is 3. The molecular weight excluding hydrogens is 262 g/mol. The standard InChI is InChI=1S/C17H15N3O/c18-15-8-2-5-13(10-15)17(21)20-11-14-6-1-4-12-7-3-9-19-16(12)14/h1-10H,11,18H2,(H,20,21). The first-order valence-corrected chi connectivity index (χ1v) is 6.70. The maximum atomic E-state index is 12.1. The van der Waals surface area contributed by atoms with Crippen LogP contribution in [0.25, 0.3) is 10.9 Å². The van der Waals surface area contributed by atoms with Crippen LogP contribution in [0.2, 0.25) is 0 Å². The predicted molar refractivity (Wildman–Crippen MR) is 83.8 cm³/mol. The minimum Gasteiger partial charge on any atom is -0.399 e. The molecule has 0 aliphatic carbocycles. The Bertz CT molecular complexity index is 793. The quantitative estimate of drug-likeness (QED) is 0.723. The van der Waals surface area contributed by atoms with Crippen molar-refractivity contribution in [2.75, 3.05) is 5.73 Å². The molecule has 0 fully saturated rings. The highest BCUT2D eigenvalue weighted by Crippen LogP contribution is 2.16. The molecule has 0 spiro atoms. The molecule has 0 saturated carbocycles. The van der Waals surface area contributed by atoms with Crippen molar-refractivity contribution in [1.82, 2.24) is 10.3 Å². The van der Waals surface area contributed by atoms with Gasteiger partial charge in [0.2, 0.25) is 0 Å². The first kappa shape index (κ1) is 13.1. The molecule has 1 amide bonds. The summed E-state index contributed by atoms with van der Waals surface area (Å²) >= 11 is 0. The van der Waals surface area contributed by atoms with E-state index in [1.807, 2.05) is 30.3 Å². The lowest BCUT2D eigenvalue weighted by Crippen LogP contribution is -2.23. The summed E-state index contributed by atoms with van der Waals surface area (Å²) < 4.78 is 0. The number of fused-ring (bicyclic) bond motifs is 1. The molecule has 2 aromatic carbocycles. The third kappa shape index (κ3) is 2.84. The zero-order valence-electron chi connectivity index (χ0n) is 11.4. The van der Waals surface area contributed by atoms with Crippen LogP contribution in [-0.4, -0.2) is 10.9 Å². The second kappa shape index (κ2) is 5.63. The zero-order valence-corrected chi connectivity index (χ0v) is 11.4. The van der Waals surface area contributed by atoms with Gasteiger partial charge in [-0.25, -0.2) is 0 Å². The summed E-state index contributed by atoms with van der Waals surface area (Å²) in [6.07, 6.45) is 1.76. The Balaban J connectivity index is 1.79. The molecule has 3 rings (SSSR count). The van der Waals surface area contributed by atoms with E-state index in [0.29, 0.717) is 17.8 Å². The SMILES string of the molecule is Nc1cccc(C(=O)NCc2cccc3cccnc23)c1. The van der Waals surface area contributed by atoms with Crippen molar-refractivity contribution in [2.45, 2.75) is 6.54 Å². The molecule has 0 atom stereocenters. The van der Waals surface area contributed by atoms with Crippen LogP contribution in [0.3, 0.4) is 0 Å². The van der Waals surface area contributed by atoms with Gasteiger partial charge in [-0.15, -0.1) is 0 Å². The van der Waals surface area contributed by atoms with Gasteiger partial charge in [0, 0.05) is 29.4 Å². The minimum atomic E-state index is -0.143. The van der Waals surface area contributed by atoms with Crippen LogP contribution in [0.1, 0.15) is 15.9 Å². The molecule has 4 nitrogen and oxygen atoms in total. The number of para-hydroxylation sites is 1. The molecule has 0 aliphatic heterocycles. The van der Waals surface area contributed by atoms with E-state index < -0.39 is 0 Å². The Morgan fingerprint density at radius 1 is 1.10 bits per heavy atom. The van der Waals surface area contributed by atoms with Crippen LogP contribution in [0.15, 0.2) is 60.8 Å². The minimum absolute atomic E-state index is 0.143. The fourth-order valence-electron chi connectivity index (χ4n) is 2.27. The molecule has 3 N–H and O–H groups in total. The van der Waals surface area contributed by atoms with Gasteiger partial charge < -0.3 is 11.1 Å². The predicted octanol–water partition coefficient (Wildman–Crippen LogP) is 2.75. The van der Waals surface area contributed by atoms with Crippen molar-refractivity contribution in [2.24, 2.45) is 0 Å². The van der Waals surface area contributed by atoms with Gasteiger partial charge in [-0.2, -0.15) is 0 Å². The topological polar surface area (TPSA) is 68.0 Å². The molecule has 3 aromatic rings. The molecule has 0 saturated heterocycles. The van der Waals surface area contributed by atoms with Crippen LogP contribution >= 0.6 is 0 Å². The van der Waals surface area contributed by atoms with E-state index in [9.17, 15) is 4.79 Å². The monoisotopic (exact) mass is 277 g/mol. The smallest absolute Gasteiger partial charge is 0.251 e. The number of benzene rings is 2. The zero-order chi connectivity index (χ0) is 14.7. The molecule has 1 heterocycles. The molecule has 0 bridgehead atoms. The Labute approximate surface area is 122 Å². The number of nitrogens with two attached hydrogens (primary N) is 1. The van der Waals surface area contributed by atoms with Gasteiger partial charge in [0.1, 0.15) is 0 Å². The second-order valence-corrected chi connectivity index (χ2v) is 4.80. The highest BCUT2D eigenvalue weighted by Gasteiger charge is 2.07. The molecule has 0 unspecified atom stereocenters.